The van der Waals surface area contributed by atoms with E-state index in [1.54, 1.807) is 18.3 Å². The number of carbonyl (C=O) groups excluding carboxylic acids is 1. The van der Waals surface area contributed by atoms with E-state index in [1.165, 1.54) is 6.07 Å². The Hall–Kier alpha value is -2.58. The van der Waals surface area contributed by atoms with Gasteiger partial charge in [-0.15, -0.1) is 0 Å². The second-order valence-corrected chi connectivity index (χ2v) is 4.94. The summed E-state index contributed by atoms with van der Waals surface area (Å²) in [5, 5.41) is 30.1. The molecule has 0 saturated heterocycles. The standard InChI is InChI=1S/C14H17N3O5/c15-10(13(20)17-12(6-18)14(21)22)3-7-5-16-11-2-1-8(19)4-9(7)11/h1-2,4-5,10,12,16,18-19H,3,6,15H2,(H,17,20)(H,21,22)/t10-,12-/m0/s1. The average Bonchev–Trinajstić information content (AvgIpc) is 2.86. The number of rotatable bonds is 6. The van der Waals surface area contributed by atoms with Crippen LogP contribution in [0.3, 0.4) is 0 Å². The number of aliphatic carboxylic acids is 1. The molecular formula is C14H17N3O5. The molecular weight excluding hydrogens is 290 g/mol. The average molecular weight is 307 g/mol. The van der Waals surface area contributed by atoms with Gasteiger partial charge in [0.05, 0.1) is 12.6 Å². The molecule has 0 aliphatic rings. The molecule has 22 heavy (non-hydrogen) atoms. The van der Waals surface area contributed by atoms with Crippen molar-refractivity contribution in [2.45, 2.75) is 18.5 Å². The number of nitrogens with two attached hydrogens (primary N) is 1. The number of aromatic amines is 1. The van der Waals surface area contributed by atoms with Crippen LogP contribution < -0.4 is 11.1 Å². The van der Waals surface area contributed by atoms with Gasteiger partial charge in [0.1, 0.15) is 11.8 Å². The fraction of sp³-hybridized carbons (Fsp3) is 0.286. The Bertz CT molecular complexity index is 697. The van der Waals surface area contributed by atoms with Crippen LogP contribution in [-0.4, -0.2) is 50.9 Å². The number of aromatic hydroxyl groups is 1. The van der Waals surface area contributed by atoms with Crippen LogP contribution in [0.5, 0.6) is 5.75 Å². The molecule has 0 aliphatic carbocycles. The zero-order chi connectivity index (χ0) is 16.3. The number of phenols is 1. The summed E-state index contributed by atoms with van der Waals surface area (Å²) in [7, 11) is 0. The lowest BCUT2D eigenvalue weighted by atomic mass is 10.0. The van der Waals surface area contributed by atoms with Crippen molar-refractivity contribution in [3.05, 3.63) is 30.0 Å². The first-order valence-electron chi connectivity index (χ1n) is 6.61. The number of aromatic nitrogens is 1. The third kappa shape index (κ3) is 3.35. The van der Waals surface area contributed by atoms with Gasteiger partial charge < -0.3 is 31.4 Å². The topological polar surface area (TPSA) is 149 Å². The van der Waals surface area contributed by atoms with E-state index in [2.05, 4.69) is 10.3 Å². The number of carbonyl (C=O) groups is 2. The maximum Gasteiger partial charge on any atom is 0.328 e. The number of hydrogen-bond acceptors (Lipinski definition) is 5. The predicted molar refractivity (Wildman–Crippen MR) is 78.3 cm³/mol. The zero-order valence-electron chi connectivity index (χ0n) is 11.6. The molecule has 0 radical (unpaired) electrons. The number of hydrogen-bond donors (Lipinski definition) is 6. The third-order valence-corrected chi connectivity index (χ3v) is 3.32. The van der Waals surface area contributed by atoms with E-state index in [0.717, 1.165) is 16.5 Å². The Labute approximate surface area is 125 Å². The van der Waals surface area contributed by atoms with E-state index in [9.17, 15) is 14.7 Å². The zero-order valence-corrected chi connectivity index (χ0v) is 11.6. The molecule has 0 bridgehead atoms. The van der Waals surface area contributed by atoms with Crippen molar-refractivity contribution in [2.75, 3.05) is 6.61 Å². The molecule has 0 saturated carbocycles. The van der Waals surface area contributed by atoms with Crippen LogP contribution in [0.15, 0.2) is 24.4 Å². The number of amides is 1. The molecule has 8 nitrogen and oxygen atoms in total. The van der Waals surface area contributed by atoms with Gasteiger partial charge >= 0.3 is 5.97 Å². The summed E-state index contributed by atoms with van der Waals surface area (Å²) in [6.45, 7) is -0.714. The van der Waals surface area contributed by atoms with Crippen LogP contribution >= 0.6 is 0 Å². The quantitative estimate of drug-likeness (QED) is 0.416. The van der Waals surface area contributed by atoms with Gasteiger partial charge in [-0.25, -0.2) is 4.79 Å². The number of nitrogens with one attached hydrogen (secondary N) is 2. The van der Waals surface area contributed by atoms with Gasteiger partial charge in [0.2, 0.25) is 5.91 Å². The van der Waals surface area contributed by atoms with Crippen LogP contribution in [0.1, 0.15) is 5.56 Å². The lowest BCUT2D eigenvalue weighted by molar-refractivity contribution is -0.143. The normalized spacial score (nSPS) is 13.7. The molecule has 0 fully saturated rings. The Balaban J connectivity index is 2.10. The first-order chi connectivity index (χ1) is 10.4. The smallest absolute Gasteiger partial charge is 0.328 e. The van der Waals surface area contributed by atoms with Crippen LogP contribution in [0.25, 0.3) is 10.9 Å². The summed E-state index contributed by atoms with van der Waals surface area (Å²) < 4.78 is 0. The monoisotopic (exact) mass is 307 g/mol. The summed E-state index contributed by atoms with van der Waals surface area (Å²) in [6.07, 6.45) is 1.84. The number of fused-ring (bicyclic) bond motifs is 1. The molecule has 8 heteroatoms. The van der Waals surface area contributed by atoms with Crippen LogP contribution in [0.4, 0.5) is 0 Å². The van der Waals surface area contributed by atoms with E-state index < -0.39 is 30.6 Å². The minimum atomic E-state index is -1.38. The third-order valence-electron chi connectivity index (χ3n) is 3.32. The molecule has 2 rings (SSSR count). The van der Waals surface area contributed by atoms with E-state index >= 15 is 0 Å². The van der Waals surface area contributed by atoms with E-state index in [0.29, 0.717) is 0 Å². The lowest BCUT2D eigenvalue weighted by Gasteiger charge is -2.15. The molecule has 0 unspecified atom stereocenters. The van der Waals surface area contributed by atoms with Gasteiger partial charge in [-0.1, -0.05) is 0 Å². The van der Waals surface area contributed by atoms with Gasteiger partial charge in [-0.3, -0.25) is 4.79 Å². The molecule has 2 atom stereocenters. The fourth-order valence-electron chi connectivity index (χ4n) is 2.13. The second kappa shape index (κ2) is 6.46. The summed E-state index contributed by atoms with van der Waals surface area (Å²) in [5.41, 5.74) is 7.29. The van der Waals surface area contributed by atoms with Gasteiger partial charge in [-0.05, 0) is 30.2 Å². The SMILES string of the molecule is N[C@@H](Cc1c[nH]c2ccc(O)cc12)C(=O)N[C@@H](CO)C(=O)O. The molecule has 1 aromatic heterocycles. The van der Waals surface area contributed by atoms with Gasteiger partial charge in [0.25, 0.3) is 0 Å². The van der Waals surface area contributed by atoms with Crippen molar-refractivity contribution in [1.82, 2.24) is 10.3 Å². The van der Waals surface area contributed by atoms with E-state index in [1.807, 2.05) is 0 Å². The number of carboxylic acid groups (broad SMARTS) is 1. The van der Waals surface area contributed by atoms with E-state index in [-0.39, 0.29) is 12.2 Å². The van der Waals surface area contributed by atoms with Crippen molar-refractivity contribution in [3.8, 4) is 5.75 Å². The first kappa shape index (κ1) is 15.8. The number of carboxylic acids is 1. The predicted octanol–water partition coefficient (Wildman–Crippen LogP) is -0.695. The number of benzene rings is 1. The highest BCUT2D eigenvalue weighted by atomic mass is 16.4. The molecule has 118 valence electrons. The second-order valence-electron chi connectivity index (χ2n) is 4.94. The number of H-pyrrole nitrogens is 1. The summed E-state index contributed by atoms with van der Waals surface area (Å²) in [4.78, 5) is 25.6. The van der Waals surface area contributed by atoms with Crippen molar-refractivity contribution in [2.24, 2.45) is 5.73 Å². The summed E-state index contributed by atoms with van der Waals surface area (Å²) >= 11 is 0. The van der Waals surface area contributed by atoms with Crippen molar-refractivity contribution >= 4 is 22.8 Å². The molecule has 2 aromatic rings. The summed E-state index contributed by atoms with van der Waals surface area (Å²) in [5.74, 6) is -1.91. The lowest BCUT2D eigenvalue weighted by Crippen LogP contribution is -2.50. The number of phenolic OH excluding ortho intramolecular Hbond substituents is 1. The van der Waals surface area contributed by atoms with E-state index in [4.69, 9.17) is 15.9 Å². The van der Waals surface area contributed by atoms with Gasteiger partial charge in [-0.2, -0.15) is 0 Å². The Morgan fingerprint density at radius 1 is 1.36 bits per heavy atom. The molecule has 1 heterocycles. The Morgan fingerprint density at radius 2 is 2.09 bits per heavy atom. The number of aliphatic hydroxyl groups is 1. The van der Waals surface area contributed by atoms with Crippen LogP contribution in [0, 0.1) is 0 Å². The number of aliphatic hydroxyl groups excluding tert-OH is 1. The minimum absolute atomic E-state index is 0.0950. The van der Waals surface area contributed by atoms with Crippen molar-refractivity contribution < 1.29 is 24.9 Å². The summed E-state index contributed by atoms with van der Waals surface area (Å²) in [6, 6.07) is 2.43. The minimum Gasteiger partial charge on any atom is -0.508 e. The van der Waals surface area contributed by atoms with Crippen LogP contribution in [0.2, 0.25) is 0 Å². The Kier molecular flexibility index (Phi) is 4.64. The molecule has 0 spiro atoms. The molecule has 0 aliphatic heterocycles. The highest BCUT2D eigenvalue weighted by molar-refractivity contribution is 5.89. The highest BCUT2D eigenvalue weighted by Crippen LogP contribution is 2.23. The maximum atomic E-state index is 11.9. The molecule has 1 aromatic carbocycles. The first-order valence-corrected chi connectivity index (χ1v) is 6.61. The van der Waals surface area contributed by atoms with Crippen molar-refractivity contribution in [3.63, 3.8) is 0 Å². The highest BCUT2D eigenvalue weighted by Gasteiger charge is 2.23. The van der Waals surface area contributed by atoms with Crippen molar-refractivity contribution in [1.29, 1.82) is 0 Å². The molecule has 7 N–H and O–H groups in total. The van der Waals surface area contributed by atoms with Crippen LogP contribution in [-0.2, 0) is 16.0 Å². The maximum absolute atomic E-state index is 11.9. The van der Waals surface area contributed by atoms with Gasteiger partial charge in [0, 0.05) is 17.1 Å². The molecule has 1 amide bonds. The largest absolute Gasteiger partial charge is 0.508 e. The van der Waals surface area contributed by atoms with Gasteiger partial charge in [0.15, 0.2) is 0 Å². The Morgan fingerprint density at radius 3 is 2.73 bits per heavy atom. The fourth-order valence-corrected chi connectivity index (χ4v) is 2.13.